The van der Waals surface area contributed by atoms with Crippen molar-refractivity contribution in [1.82, 2.24) is 14.8 Å². The normalized spacial score (nSPS) is 12.6. The van der Waals surface area contributed by atoms with Crippen LogP contribution < -0.4 is 14.8 Å². The lowest BCUT2D eigenvalue weighted by atomic mass is 10.2. The molecule has 8 heteroatoms. The molecule has 28 heavy (non-hydrogen) atoms. The van der Waals surface area contributed by atoms with Crippen molar-refractivity contribution in [3.63, 3.8) is 0 Å². The highest BCUT2D eigenvalue weighted by molar-refractivity contribution is 7.99. The van der Waals surface area contributed by atoms with Gasteiger partial charge in [0.2, 0.25) is 5.91 Å². The molecule has 0 unspecified atom stereocenters. The van der Waals surface area contributed by atoms with Gasteiger partial charge in [-0.15, -0.1) is 10.2 Å². The summed E-state index contributed by atoms with van der Waals surface area (Å²) in [6.07, 6.45) is 0. The van der Waals surface area contributed by atoms with Crippen LogP contribution in [0.2, 0.25) is 0 Å². The number of aromatic nitrogens is 3. The largest absolute Gasteiger partial charge is 0.486 e. The Bertz CT molecular complexity index is 1020. The van der Waals surface area contributed by atoms with Gasteiger partial charge in [-0.05, 0) is 43.7 Å². The van der Waals surface area contributed by atoms with Crippen LogP contribution in [-0.2, 0) is 4.79 Å². The standard InChI is InChI=1S/C20H20N4O3S/c1-13-4-3-5-16(10-13)24-14(2)22-23-20(24)28-12-19(25)21-15-6-7-17-18(11-15)27-9-8-26-17/h3-7,10-11H,8-9,12H2,1-2H3,(H,21,25). The number of ether oxygens (including phenoxy) is 2. The summed E-state index contributed by atoms with van der Waals surface area (Å²) in [5.41, 5.74) is 2.81. The minimum Gasteiger partial charge on any atom is -0.486 e. The van der Waals surface area contributed by atoms with Crippen LogP contribution in [0, 0.1) is 13.8 Å². The summed E-state index contributed by atoms with van der Waals surface area (Å²) in [5, 5.41) is 11.9. The second-order valence-corrected chi connectivity index (χ2v) is 7.34. The first-order valence-corrected chi connectivity index (χ1v) is 9.90. The number of hydrogen-bond acceptors (Lipinski definition) is 6. The lowest BCUT2D eigenvalue weighted by Gasteiger charge is -2.19. The Balaban J connectivity index is 1.43. The third kappa shape index (κ3) is 3.96. The Morgan fingerprint density at radius 3 is 2.75 bits per heavy atom. The third-order valence-corrected chi connectivity index (χ3v) is 5.14. The van der Waals surface area contributed by atoms with Gasteiger partial charge < -0.3 is 14.8 Å². The highest BCUT2D eigenvalue weighted by Gasteiger charge is 2.15. The number of nitrogens with one attached hydrogen (secondary N) is 1. The summed E-state index contributed by atoms with van der Waals surface area (Å²) in [7, 11) is 0. The Hall–Kier alpha value is -3.00. The minimum atomic E-state index is -0.127. The average molecular weight is 396 g/mol. The zero-order chi connectivity index (χ0) is 19.5. The fraction of sp³-hybridized carbons (Fsp3) is 0.250. The molecule has 0 fully saturated rings. The second kappa shape index (κ2) is 7.93. The summed E-state index contributed by atoms with van der Waals surface area (Å²) in [6.45, 7) is 4.98. The van der Waals surface area contributed by atoms with E-state index in [1.54, 1.807) is 18.2 Å². The quantitative estimate of drug-likeness (QED) is 0.666. The predicted octanol–water partition coefficient (Wildman–Crippen LogP) is 3.39. The lowest BCUT2D eigenvalue weighted by Crippen LogP contribution is -2.17. The van der Waals surface area contributed by atoms with Crippen LogP contribution in [0.15, 0.2) is 47.6 Å². The number of anilines is 1. The highest BCUT2D eigenvalue weighted by Crippen LogP contribution is 2.32. The zero-order valence-corrected chi connectivity index (χ0v) is 16.5. The van der Waals surface area contributed by atoms with Gasteiger partial charge in [-0.1, -0.05) is 23.9 Å². The number of rotatable bonds is 5. The topological polar surface area (TPSA) is 78.3 Å². The van der Waals surface area contributed by atoms with E-state index in [-0.39, 0.29) is 11.7 Å². The first kappa shape index (κ1) is 18.4. The number of carbonyl (C=O) groups is 1. The molecule has 1 aliphatic heterocycles. The van der Waals surface area contributed by atoms with E-state index >= 15 is 0 Å². The molecule has 0 radical (unpaired) electrons. The molecule has 4 rings (SSSR count). The molecule has 0 saturated carbocycles. The molecular weight excluding hydrogens is 376 g/mol. The minimum absolute atomic E-state index is 0.127. The molecule has 2 heterocycles. The van der Waals surface area contributed by atoms with Gasteiger partial charge in [-0.3, -0.25) is 9.36 Å². The fourth-order valence-corrected chi connectivity index (χ4v) is 3.75. The molecule has 1 aliphatic rings. The molecule has 1 amide bonds. The van der Waals surface area contributed by atoms with Crippen molar-refractivity contribution in [2.45, 2.75) is 19.0 Å². The van der Waals surface area contributed by atoms with Crippen LogP contribution >= 0.6 is 11.8 Å². The van der Waals surface area contributed by atoms with Crippen LogP contribution in [0.25, 0.3) is 5.69 Å². The Kier molecular flexibility index (Phi) is 5.21. The van der Waals surface area contributed by atoms with Crippen LogP contribution in [-0.4, -0.2) is 39.6 Å². The van der Waals surface area contributed by atoms with Crippen molar-refractivity contribution >= 4 is 23.4 Å². The van der Waals surface area contributed by atoms with Crippen molar-refractivity contribution in [3.8, 4) is 17.2 Å². The molecule has 0 saturated heterocycles. The van der Waals surface area contributed by atoms with Gasteiger partial charge in [0, 0.05) is 17.4 Å². The number of thioether (sulfide) groups is 1. The number of fused-ring (bicyclic) bond motifs is 1. The van der Waals surface area contributed by atoms with Gasteiger partial charge in [0.25, 0.3) is 0 Å². The van der Waals surface area contributed by atoms with Gasteiger partial charge in [0.1, 0.15) is 19.0 Å². The van der Waals surface area contributed by atoms with Gasteiger partial charge in [-0.2, -0.15) is 0 Å². The van der Waals surface area contributed by atoms with Crippen LogP contribution in [0.4, 0.5) is 5.69 Å². The van der Waals surface area contributed by atoms with Gasteiger partial charge >= 0.3 is 0 Å². The summed E-state index contributed by atoms with van der Waals surface area (Å²) in [4.78, 5) is 12.4. The van der Waals surface area contributed by atoms with E-state index in [1.807, 2.05) is 36.6 Å². The van der Waals surface area contributed by atoms with Gasteiger partial charge in [0.05, 0.1) is 5.75 Å². The van der Waals surface area contributed by atoms with Crippen LogP contribution in [0.3, 0.4) is 0 Å². The van der Waals surface area contributed by atoms with Crippen molar-refractivity contribution < 1.29 is 14.3 Å². The maximum Gasteiger partial charge on any atom is 0.234 e. The third-order valence-electron chi connectivity index (χ3n) is 4.21. The number of nitrogens with zero attached hydrogens (tertiary/aromatic N) is 3. The van der Waals surface area contributed by atoms with Crippen LogP contribution in [0.5, 0.6) is 11.5 Å². The Morgan fingerprint density at radius 1 is 1.11 bits per heavy atom. The number of benzene rings is 2. The Morgan fingerprint density at radius 2 is 1.93 bits per heavy atom. The molecule has 3 aromatic rings. The van der Waals surface area contributed by atoms with Crippen molar-refractivity contribution in [1.29, 1.82) is 0 Å². The van der Waals surface area contributed by atoms with Crippen LogP contribution in [0.1, 0.15) is 11.4 Å². The van der Waals surface area contributed by atoms with Crippen molar-refractivity contribution in [3.05, 3.63) is 53.9 Å². The SMILES string of the molecule is Cc1cccc(-n2c(C)nnc2SCC(=O)Nc2ccc3c(c2)OCCO3)c1. The van der Waals surface area contributed by atoms with E-state index in [9.17, 15) is 4.79 Å². The second-order valence-electron chi connectivity index (χ2n) is 6.40. The average Bonchev–Trinajstić information content (AvgIpc) is 3.07. The fourth-order valence-electron chi connectivity index (χ4n) is 2.95. The Labute approximate surface area is 167 Å². The monoisotopic (exact) mass is 396 g/mol. The summed E-state index contributed by atoms with van der Waals surface area (Å²) in [5.74, 6) is 2.21. The molecule has 1 N–H and O–H groups in total. The predicted molar refractivity (Wildman–Crippen MR) is 108 cm³/mol. The molecular formula is C20H20N4O3S. The van der Waals surface area contributed by atoms with E-state index < -0.39 is 0 Å². The number of carbonyl (C=O) groups excluding carboxylic acids is 1. The molecule has 0 aliphatic carbocycles. The summed E-state index contributed by atoms with van der Waals surface area (Å²) < 4.78 is 13.0. The number of aryl methyl sites for hydroxylation is 2. The van der Waals surface area contributed by atoms with E-state index in [0.717, 1.165) is 17.1 Å². The summed E-state index contributed by atoms with van der Waals surface area (Å²) in [6, 6.07) is 13.5. The number of amides is 1. The van der Waals surface area contributed by atoms with Crippen molar-refractivity contribution in [2.75, 3.05) is 24.3 Å². The molecule has 1 aromatic heterocycles. The maximum atomic E-state index is 12.4. The summed E-state index contributed by atoms with van der Waals surface area (Å²) >= 11 is 1.35. The molecule has 0 atom stereocenters. The smallest absolute Gasteiger partial charge is 0.234 e. The van der Waals surface area contributed by atoms with Gasteiger partial charge in [0.15, 0.2) is 16.7 Å². The van der Waals surface area contributed by atoms with Crippen molar-refractivity contribution in [2.24, 2.45) is 0 Å². The molecule has 2 aromatic carbocycles. The van der Waals surface area contributed by atoms with E-state index in [2.05, 4.69) is 21.6 Å². The zero-order valence-electron chi connectivity index (χ0n) is 15.6. The molecule has 144 valence electrons. The maximum absolute atomic E-state index is 12.4. The first-order chi connectivity index (χ1) is 13.6. The highest BCUT2D eigenvalue weighted by atomic mass is 32.2. The molecule has 0 bridgehead atoms. The number of hydrogen-bond donors (Lipinski definition) is 1. The van der Waals surface area contributed by atoms with E-state index in [1.165, 1.54) is 11.8 Å². The molecule has 0 spiro atoms. The lowest BCUT2D eigenvalue weighted by molar-refractivity contribution is -0.113. The van der Waals surface area contributed by atoms with E-state index in [0.29, 0.717) is 35.6 Å². The molecule has 7 nitrogen and oxygen atoms in total. The van der Waals surface area contributed by atoms with E-state index in [4.69, 9.17) is 9.47 Å². The van der Waals surface area contributed by atoms with Gasteiger partial charge in [-0.25, -0.2) is 0 Å². The first-order valence-electron chi connectivity index (χ1n) is 8.91.